The summed E-state index contributed by atoms with van der Waals surface area (Å²) in [6, 6.07) is 7.71. The first-order valence-electron chi connectivity index (χ1n) is 7.45. The molecular formula is C15H18ClN5O3. The zero-order chi connectivity index (χ0) is 16.2. The van der Waals surface area contributed by atoms with Gasteiger partial charge in [0.05, 0.1) is 10.6 Å². The van der Waals surface area contributed by atoms with Crippen molar-refractivity contribution in [2.24, 2.45) is 0 Å². The van der Waals surface area contributed by atoms with Crippen molar-refractivity contribution in [2.75, 3.05) is 26.2 Å². The molecule has 0 radical (unpaired) electrons. The fraction of sp³-hybridized carbons (Fsp3) is 0.333. The predicted molar refractivity (Wildman–Crippen MR) is 90.9 cm³/mol. The van der Waals surface area contributed by atoms with Crippen molar-refractivity contribution in [3.05, 3.63) is 52.3 Å². The fourth-order valence-electron chi connectivity index (χ4n) is 2.52. The van der Waals surface area contributed by atoms with Crippen LogP contribution in [0, 0.1) is 10.1 Å². The highest BCUT2D eigenvalue weighted by molar-refractivity contribution is 5.92. The number of rotatable bonds is 3. The van der Waals surface area contributed by atoms with Gasteiger partial charge in [-0.1, -0.05) is 0 Å². The van der Waals surface area contributed by atoms with Crippen molar-refractivity contribution in [3.8, 4) is 5.69 Å². The number of nitrogens with zero attached hydrogens (tertiary/aromatic N) is 4. The summed E-state index contributed by atoms with van der Waals surface area (Å²) in [5.41, 5.74) is 1.08. The average molecular weight is 352 g/mol. The molecule has 9 heteroatoms. The smallest absolute Gasteiger partial charge is 0.274 e. The normalized spacial score (nSPS) is 14.6. The first-order chi connectivity index (χ1) is 11.1. The molecular weight excluding hydrogens is 334 g/mol. The summed E-state index contributed by atoms with van der Waals surface area (Å²) in [4.78, 5) is 24.5. The maximum Gasteiger partial charge on any atom is 0.274 e. The number of carbonyl (C=O) groups excluding carboxylic acids is 1. The lowest BCUT2D eigenvalue weighted by Gasteiger charge is -2.18. The van der Waals surface area contributed by atoms with Crippen LogP contribution in [0.3, 0.4) is 0 Å². The van der Waals surface area contributed by atoms with E-state index >= 15 is 0 Å². The number of nitro benzene ring substituents is 1. The van der Waals surface area contributed by atoms with Crippen LogP contribution in [-0.2, 0) is 0 Å². The largest absolute Gasteiger partial charge is 0.336 e. The Kier molecular flexibility index (Phi) is 5.88. The van der Waals surface area contributed by atoms with Crippen molar-refractivity contribution in [2.45, 2.75) is 6.42 Å². The molecule has 0 aliphatic carbocycles. The molecule has 24 heavy (non-hydrogen) atoms. The molecule has 0 saturated carbocycles. The second kappa shape index (κ2) is 7.89. The van der Waals surface area contributed by atoms with Gasteiger partial charge in [0.25, 0.3) is 11.6 Å². The molecule has 1 amide bonds. The molecule has 2 heterocycles. The van der Waals surface area contributed by atoms with Crippen LogP contribution in [0.25, 0.3) is 5.69 Å². The van der Waals surface area contributed by atoms with Gasteiger partial charge >= 0.3 is 0 Å². The molecule has 1 fully saturated rings. The van der Waals surface area contributed by atoms with Crippen molar-refractivity contribution in [1.82, 2.24) is 20.0 Å². The average Bonchev–Trinajstić information content (AvgIpc) is 2.90. The molecule has 1 saturated heterocycles. The van der Waals surface area contributed by atoms with Crippen LogP contribution in [0.5, 0.6) is 0 Å². The highest BCUT2D eigenvalue weighted by Crippen LogP contribution is 2.15. The summed E-state index contributed by atoms with van der Waals surface area (Å²) in [6.45, 7) is 3.09. The summed E-state index contributed by atoms with van der Waals surface area (Å²) in [6.07, 6.45) is 2.61. The second-order valence-corrected chi connectivity index (χ2v) is 5.31. The molecule has 1 aliphatic heterocycles. The second-order valence-electron chi connectivity index (χ2n) is 5.31. The number of non-ortho nitro benzene ring substituents is 1. The van der Waals surface area contributed by atoms with Gasteiger partial charge in [-0.25, -0.2) is 4.68 Å². The molecule has 1 aromatic heterocycles. The number of carbonyl (C=O) groups is 1. The first-order valence-corrected chi connectivity index (χ1v) is 7.45. The third kappa shape index (κ3) is 3.90. The molecule has 0 atom stereocenters. The van der Waals surface area contributed by atoms with E-state index < -0.39 is 4.92 Å². The standard InChI is InChI=1S/C15H17N5O3.ClH/c21-15(18-9-1-7-16-8-11-18)14-6-10-19(17-14)12-2-4-13(5-3-12)20(22)23;/h2-6,10,16H,1,7-9,11H2;1H. The predicted octanol–water partition coefficient (Wildman–Crippen LogP) is 1.64. The van der Waals surface area contributed by atoms with Crippen molar-refractivity contribution >= 4 is 24.0 Å². The minimum absolute atomic E-state index is 0. The van der Waals surface area contributed by atoms with Crippen molar-refractivity contribution in [3.63, 3.8) is 0 Å². The maximum absolute atomic E-state index is 12.5. The summed E-state index contributed by atoms with van der Waals surface area (Å²) in [7, 11) is 0. The Hall–Kier alpha value is -2.45. The summed E-state index contributed by atoms with van der Waals surface area (Å²) in [5, 5.41) is 18.2. The van der Waals surface area contributed by atoms with Gasteiger partial charge in [-0.2, -0.15) is 5.10 Å². The van der Waals surface area contributed by atoms with Gasteiger partial charge in [0, 0.05) is 38.0 Å². The van der Waals surface area contributed by atoms with E-state index in [-0.39, 0.29) is 24.0 Å². The number of benzene rings is 1. The zero-order valence-corrected chi connectivity index (χ0v) is 13.7. The monoisotopic (exact) mass is 351 g/mol. The SMILES string of the molecule is Cl.O=C(c1ccn(-c2ccc([N+](=O)[O-])cc2)n1)N1CCCNCC1. The van der Waals surface area contributed by atoms with Crippen LogP contribution in [0.1, 0.15) is 16.9 Å². The van der Waals surface area contributed by atoms with Crippen LogP contribution < -0.4 is 5.32 Å². The molecule has 3 rings (SSSR count). The molecule has 1 aromatic carbocycles. The van der Waals surface area contributed by atoms with E-state index in [9.17, 15) is 14.9 Å². The molecule has 2 aromatic rings. The minimum atomic E-state index is -0.449. The number of nitrogens with one attached hydrogen (secondary N) is 1. The Morgan fingerprint density at radius 2 is 1.92 bits per heavy atom. The number of aromatic nitrogens is 2. The van der Waals surface area contributed by atoms with Gasteiger partial charge in [0.2, 0.25) is 0 Å². The lowest BCUT2D eigenvalue weighted by molar-refractivity contribution is -0.384. The van der Waals surface area contributed by atoms with E-state index in [0.29, 0.717) is 17.9 Å². The molecule has 0 spiro atoms. The molecule has 128 valence electrons. The topological polar surface area (TPSA) is 93.3 Å². The molecule has 1 aliphatic rings. The quantitative estimate of drug-likeness (QED) is 0.670. The number of halogens is 1. The van der Waals surface area contributed by atoms with Crippen molar-refractivity contribution < 1.29 is 9.72 Å². The van der Waals surface area contributed by atoms with Crippen LogP contribution in [0.2, 0.25) is 0 Å². The third-order valence-electron chi connectivity index (χ3n) is 3.76. The summed E-state index contributed by atoms with van der Waals surface area (Å²) < 4.78 is 1.55. The minimum Gasteiger partial charge on any atom is -0.336 e. The molecule has 1 N–H and O–H groups in total. The van der Waals surface area contributed by atoms with E-state index in [1.165, 1.54) is 12.1 Å². The zero-order valence-electron chi connectivity index (χ0n) is 12.9. The van der Waals surface area contributed by atoms with Gasteiger partial charge in [-0.15, -0.1) is 12.4 Å². The number of nitro groups is 1. The summed E-state index contributed by atoms with van der Waals surface area (Å²) >= 11 is 0. The van der Waals surface area contributed by atoms with E-state index in [4.69, 9.17) is 0 Å². The van der Waals surface area contributed by atoms with Crippen LogP contribution >= 0.6 is 12.4 Å². The Bertz CT molecular complexity index is 708. The molecule has 0 unspecified atom stereocenters. The van der Waals surface area contributed by atoms with Crippen LogP contribution in [-0.4, -0.2) is 51.7 Å². The number of hydrogen-bond donors (Lipinski definition) is 1. The highest BCUT2D eigenvalue weighted by atomic mass is 35.5. The van der Waals surface area contributed by atoms with Gasteiger partial charge in [0.1, 0.15) is 0 Å². The summed E-state index contributed by atoms with van der Waals surface area (Å²) in [5.74, 6) is -0.0886. The fourth-order valence-corrected chi connectivity index (χ4v) is 2.52. The van der Waals surface area contributed by atoms with E-state index in [2.05, 4.69) is 10.4 Å². The van der Waals surface area contributed by atoms with Gasteiger partial charge < -0.3 is 10.2 Å². The number of amides is 1. The Balaban J connectivity index is 0.00000208. The van der Waals surface area contributed by atoms with Crippen LogP contribution in [0.15, 0.2) is 36.5 Å². The van der Waals surface area contributed by atoms with Crippen LogP contribution in [0.4, 0.5) is 5.69 Å². The lowest BCUT2D eigenvalue weighted by atomic mass is 10.3. The Morgan fingerprint density at radius 3 is 2.62 bits per heavy atom. The lowest BCUT2D eigenvalue weighted by Crippen LogP contribution is -2.34. The number of hydrogen-bond acceptors (Lipinski definition) is 5. The van der Waals surface area contributed by atoms with E-state index in [1.54, 1.807) is 34.0 Å². The van der Waals surface area contributed by atoms with Gasteiger partial charge in [-0.05, 0) is 31.2 Å². The van der Waals surface area contributed by atoms with E-state index in [0.717, 1.165) is 26.1 Å². The van der Waals surface area contributed by atoms with Gasteiger partial charge in [-0.3, -0.25) is 14.9 Å². The first kappa shape index (κ1) is 17.9. The maximum atomic E-state index is 12.5. The Morgan fingerprint density at radius 1 is 1.17 bits per heavy atom. The molecule has 8 nitrogen and oxygen atoms in total. The van der Waals surface area contributed by atoms with Gasteiger partial charge in [0.15, 0.2) is 5.69 Å². The van der Waals surface area contributed by atoms with E-state index in [1.807, 2.05) is 0 Å². The van der Waals surface area contributed by atoms with Crippen molar-refractivity contribution in [1.29, 1.82) is 0 Å². The third-order valence-corrected chi connectivity index (χ3v) is 3.76. The molecule has 0 bridgehead atoms. The Labute approximate surface area is 145 Å². The highest BCUT2D eigenvalue weighted by Gasteiger charge is 2.19.